The van der Waals surface area contributed by atoms with Crippen molar-refractivity contribution < 1.29 is 13.6 Å². The van der Waals surface area contributed by atoms with Gasteiger partial charge in [-0.25, -0.2) is 0 Å². The third-order valence-corrected chi connectivity index (χ3v) is 5.82. The number of piperidine rings is 1. The Morgan fingerprint density at radius 2 is 2.12 bits per heavy atom. The first-order chi connectivity index (χ1) is 11.8. The molecule has 2 aromatic rings. The van der Waals surface area contributed by atoms with Crippen LogP contribution in [0.3, 0.4) is 0 Å². The van der Waals surface area contributed by atoms with E-state index in [1.807, 2.05) is 0 Å². The molecule has 2 fully saturated rings. The van der Waals surface area contributed by atoms with Crippen LogP contribution in [-0.2, 0) is 4.79 Å². The van der Waals surface area contributed by atoms with E-state index in [4.69, 9.17) is 8.83 Å². The standard InChI is InChI=1S/C17H21N3O3S/c21-15(20-9-3-6-12-5-1-2-7-13(12)20)11-24-17-19-18-16(23-17)14-8-4-10-22-14/h4,8,10,12-13H,1-3,5-7,9,11H2/t12-,13-/m0/s1. The zero-order valence-electron chi connectivity index (χ0n) is 13.5. The summed E-state index contributed by atoms with van der Waals surface area (Å²) in [5.41, 5.74) is 0. The maximum atomic E-state index is 12.7. The number of rotatable bonds is 4. The summed E-state index contributed by atoms with van der Waals surface area (Å²) >= 11 is 1.31. The van der Waals surface area contributed by atoms with Crippen molar-refractivity contribution in [3.8, 4) is 11.7 Å². The number of aromatic nitrogens is 2. The number of hydrogen-bond acceptors (Lipinski definition) is 6. The Hall–Kier alpha value is -1.76. The molecule has 2 aliphatic rings. The highest BCUT2D eigenvalue weighted by Gasteiger charge is 2.35. The fraction of sp³-hybridized carbons (Fsp3) is 0.588. The topological polar surface area (TPSA) is 72.4 Å². The summed E-state index contributed by atoms with van der Waals surface area (Å²) in [5, 5.41) is 8.35. The number of fused-ring (bicyclic) bond motifs is 1. The monoisotopic (exact) mass is 347 g/mol. The second kappa shape index (κ2) is 7.01. The maximum absolute atomic E-state index is 12.7. The van der Waals surface area contributed by atoms with Crippen LogP contribution in [0, 0.1) is 5.92 Å². The Labute approximate surface area is 145 Å². The lowest BCUT2D eigenvalue weighted by Gasteiger charge is -2.44. The molecule has 2 aromatic heterocycles. The Kier molecular flexibility index (Phi) is 4.60. The number of carbonyl (C=O) groups is 1. The fourth-order valence-electron chi connectivity index (χ4n) is 3.91. The summed E-state index contributed by atoms with van der Waals surface area (Å²) in [7, 11) is 0. The van der Waals surface area contributed by atoms with Crippen molar-refractivity contribution in [1.29, 1.82) is 0 Å². The lowest BCUT2D eigenvalue weighted by atomic mass is 9.78. The van der Waals surface area contributed by atoms with Gasteiger partial charge in [0.1, 0.15) is 0 Å². The van der Waals surface area contributed by atoms with Crippen LogP contribution in [0.2, 0.25) is 0 Å². The molecule has 6 nitrogen and oxygen atoms in total. The number of carbonyl (C=O) groups excluding carboxylic acids is 1. The van der Waals surface area contributed by atoms with Gasteiger partial charge in [0, 0.05) is 12.6 Å². The average molecular weight is 347 g/mol. The molecule has 0 radical (unpaired) electrons. The van der Waals surface area contributed by atoms with Crippen molar-refractivity contribution in [2.75, 3.05) is 12.3 Å². The number of hydrogen-bond donors (Lipinski definition) is 0. The van der Waals surface area contributed by atoms with E-state index in [0.29, 0.717) is 34.6 Å². The van der Waals surface area contributed by atoms with Gasteiger partial charge in [0.25, 0.3) is 11.1 Å². The van der Waals surface area contributed by atoms with E-state index in [1.54, 1.807) is 18.4 Å². The Bertz CT molecular complexity index is 683. The van der Waals surface area contributed by atoms with Crippen molar-refractivity contribution in [2.24, 2.45) is 5.92 Å². The summed E-state index contributed by atoms with van der Waals surface area (Å²) in [6.07, 6.45) is 8.96. The highest BCUT2D eigenvalue weighted by Crippen LogP contribution is 2.35. The van der Waals surface area contributed by atoms with Gasteiger partial charge in [0.05, 0.1) is 12.0 Å². The molecule has 0 N–H and O–H groups in total. The number of thioether (sulfide) groups is 1. The van der Waals surface area contributed by atoms with Crippen LogP contribution in [0.1, 0.15) is 38.5 Å². The van der Waals surface area contributed by atoms with Gasteiger partial charge in [-0.1, -0.05) is 24.6 Å². The van der Waals surface area contributed by atoms with E-state index in [0.717, 1.165) is 19.4 Å². The Morgan fingerprint density at radius 3 is 3.00 bits per heavy atom. The summed E-state index contributed by atoms with van der Waals surface area (Å²) in [4.78, 5) is 14.8. The van der Waals surface area contributed by atoms with Crippen LogP contribution >= 0.6 is 11.8 Å². The van der Waals surface area contributed by atoms with Crippen LogP contribution in [0.15, 0.2) is 32.5 Å². The first kappa shape index (κ1) is 15.7. The summed E-state index contributed by atoms with van der Waals surface area (Å²) in [6, 6.07) is 3.98. The quantitative estimate of drug-likeness (QED) is 0.787. The second-order valence-electron chi connectivity index (χ2n) is 6.48. The molecule has 0 unspecified atom stereocenters. The molecule has 1 saturated heterocycles. The van der Waals surface area contributed by atoms with E-state index in [9.17, 15) is 4.79 Å². The largest absolute Gasteiger partial charge is 0.459 e. The minimum Gasteiger partial charge on any atom is -0.459 e. The molecule has 0 bridgehead atoms. The molecule has 24 heavy (non-hydrogen) atoms. The van der Waals surface area contributed by atoms with Gasteiger partial charge in [0.15, 0.2) is 5.76 Å². The fourth-order valence-corrected chi connectivity index (χ4v) is 4.56. The van der Waals surface area contributed by atoms with Gasteiger partial charge in [-0.2, -0.15) is 0 Å². The summed E-state index contributed by atoms with van der Waals surface area (Å²) < 4.78 is 10.8. The van der Waals surface area contributed by atoms with E-state index < -0.39 is 0 Å². The zero-order chi connectivity index (χ0) is 16.4. The van der Waals surface area contributed by atoms with Crippen LogP contribution in [0.25, 0.3) is 11.7 Å². The number of nitrogens with zero attached hydrogens (tertiary/aromatic N) is 3. The van der Waals surface area contributed by atoms with Gasteiger partial charge in [0.2, 0.25) is 5.91 Å². The molecule has 128 valence electrons. The molecule has 1 aliphatic carbocycles. The number of likely N-dealkylation sites (tertiary alicyclic amines) is 1. The van der Waals surface area contributed by atoms with Gasteiger partial charge in [-0.3, -0.25) is 4.79 Å². The van der Waals surface area contributed by atoms with Crippen molar-refractivity contribution in [3.05, 3.63) is 18.4 Å². The first-order valence-electron chi connectivity index (χ1n) is 8.61. The van der Waals surface area contributed by atoms with Gasteiger partial charge in [-0.15, -0.1) is 10.2 Å². The molecular weight excluding hydrogens is 326 g/mol. The third kappa shape index (κ3) is 3.22. The smallest absolute Gasteiger partial charge is 0.284 e. The minimum atomic E-state index is 0.189. The SMILES string of the molecule is O=C(CSc1nnc(-c2ccco2)o1)N1CCC[C@@H]2CCCC[C@@H]21. The van der Waals surface area contributed by atoms with Crippen molar-refractivity contribution in [1.82, 2.24) is 15.1 Å². The molecule has 1 aliphatic heterocycles. The molecule has 7 heteroatoms. The lowest BCUT2D eigenvalue weighted by molar-refractivity contribution is -0.134. The number of amides is 1. The van der Waals surface area contributed by atoms with E-state index in [2.05, 4.69) is 15.1 Å². The Morgan fingerprint density at radius 1 is 1.25 bits per heavy atom. The van der Waals surface area contributed by atoms with Gasteiger partial charge < -0.3 is 13.7 Å². The highest BCUT2D eigenvalue weighted by atomic mass is 32.2. The molecule has 1 saturated carbocycles. The third-order valence-electron chi connectivity index (χ3n) is 5.02. The predicted octanol–water partition coefficient (Wildman–Crippen LogP) is 3.60. The van der Waals surface area contributed by atoms with Crippen molar-refractivity contribution >= 4 is 17.7 Å². The highest BCUT2D eigenvalue weighted by molar-refractivity contribution is 7.99. The minimum absolute atomic E-state index is 0.189. The van der Waals surface area contributed by atoms with Crippen LogP contribution in [0.4, 0.5) is 0 Å². The summed E-state index contributed by atoms with van der Waals surface area (Å²) in [6.45, 7) is 0.891. The van der Waals surface area contributed by atoms with Crippen molar-refractivity contribution in [3.63, 3.8) is 0 Å². The average Bonchev–Trinajstić information content (AvgIpc) is 3.30. The normalized spacial score (nSPS) is 23.9. The van der Waals surface area contributed by atoms with E-state index >= 15 is 0 Å². The van der Waals surface area contributed by atoms with Crippen molar-refractivity contribution in [2.45, 2.75) is 49.8 Å². The zero-order valence-corrected chi connectivity index (χ0v) is 14.3. The predicted molar refractivity (Wildman–Crippen MR) is 89.4 cm³/mol. The van der Waals surface area contributed by atoms with E-state index in [-0.39, 0.29) is 5.91 Å². The van der Waals surface area contributed by atoms with Crippen LogP contribution in [0.5, 0.6) is 0 Å². The van der Waals surface area contributed by atoms with Crippen LogP contribution < -0.4 is 0 Å². The molecule has 0 spiro atoms. The molecule has 1 amide bonds. The van der Waals surface area contributed by atoms with Crippen LogP contribution in [-0.4, -0.2) is 39.3 Å². The number of furan rings is 1. The first-order valence-corrected chi connectivity index (χ1v) is 9.59. The van der Waals surface area contributed by atoms with Gasteiger partial charge >= 0.3 is 0 Å². The Balaban J connectivity index is 1.36. The summed E-state index contributed by atoms with van der Waals surface area (Å²) in [5.74, 6) is 2.13. The van der Waals surface area contributed by atoms with E-state index in [1.165, 1.54) is 37.4 Å². The second-order valence-corrected chi connectivity index (χ2v) is 7.41. The molecule has 0 aromatic carbocycles. The maximum Gasteiger partial charge on any atom is 0.284 e. The molecule has 4 rings (SSSR count). The molecular formula is C17H21N3O3S. The molecule has 2 atom stereocenters. The molecule has 3 heterocycles. The van der Waals surface area contributed by atoms with Gasteiger partial charge in [-0.05, 0) is 43.7 Å². The lowest BCUT2D eigenvalue weighted by Crippen LogP contribution is -2.50.